The molecule has 0 fully saturated rings. The Labute approximate surface area is 93.3 Å². The van der Waals surface area contributed by atoms with Gasteiger partial charge in [-0.3, -0.25) is 9.48 Å². The molecule has 0 atom stereocenters. The molecule has 0 radical (unpaired) electrons. The maximum Gasteiger partial charge on any atom is 0.247 e. The summed E-state index contributed by atoms with van der Waals surface area (Å²) in [5.41, 5.74) is 0. The van der Waals surface area contributed by atoms with Crippen molar-refractivity contribution in [1.82, 2.24) is 4.90 Å². The third-order valence-electron chi connectivity index (χ3n) is 3.48. The van der Waals surface area contributed by atoms with E-state index >= 15 is 0 Å². The van der Waals surface area contributed by atoms with Crippen LogP contribution >= 0.6 is 0 Å². The average molecular weight is 207 g/mol. The summed E-state index contributed by atoms with van der Waals surface area (Å²) in [5, 5.41) is 0. The van der Waals surface area contributed by atoms with Gasteiger partial charge in [0.05, 0.1) is 19.6 Å². The molecule has 0 saturated heterocycles. The van der Waals surface area contributed by atoms with E-state index in [4.69, 9.17) is 0 Å². The molecule has 84 valence electrons. The summed E-state index contributed by atoms with van der Waals surface area (Å²) in [7, 11) is 0. The molecule has 2 rings (SSSR count). The Balaban J connectivity index is 2.09. The van der Waals surface area contributed by atoms with Crippen molar-refractivity contribution < 1.29 is 4.58 Å². The van der Waals surface area contributed by atoms with Crippen LogP contribution in [0.2, 0.25) is 0 Å². The van der Waals surface area contributed by atoms with Crippen LogP contribution in [-0.4, -0.2) is 41.5 Å². The first-order chi connectivity index (χ1) is 7.42. The maximum atomic E-state index is 2.62. The Bertz CT molecular complexity index is 266. The third-order valence-corrected chi connectivity index (χ3v) is 3.48. The first kappa shape index (κ1) is 10.7. The molecule has 0 saturated carbocycles. The summed E-state index contributed by atoms with van der Waals surface area (Å²) in [6.07, 6.45) is 11.3. The van der Waals surface area contributed by atoms with Crippen LogP contribution in [-0.2, 0) is 0 Å². The highest BCUT2D eigenvalue weighted by Crippen LogP contribution is 2.14. The van der Waals surface area contributed by atoms with E-state index in [1.54, 1.807) is 5.84 Å². The number of allylic oxidation sites excluding steroid dienone is 1. The average Bonchev–Trinajstić information content (AvgIpc) is 2.51. The van der Waals surface area contributed by atoms with Crippen LogP contribution in [0.5, 0.6) is 0 Å². The van der Waals surface area contributed by atoms with Gasteiger partial charge in [0.25, 0.3) is 0 Å². The highest BCUT2D eigenvalue weighted by Gasteiger charge is 2.27. The molecule has 0 unspecified atom stereocenters. The quantitative estimate of drug-likeness (QED) is 0.497. The second kappa shape index (κ2) is 5.34. The minimum absolute atomic E-state index is 1.11. The highest BCUT2D eigenvalue weighted by atomic mass is 15.3. The van der Waals surface area contributed by atoms with Crippen molar-refractivity contribution in [3.63, 3.8) is 0 Å². The maximum absolute atomic E-state index is 2.62. The number of amidine groups is 1. The first-order valence-corrected chi connectivity index (χ1v) is 6.38. The van der Waals surface area contributed by atoms with Crippen LogP contribution in [0.4, 0.5) is 0 Å². The number of rotatable bonds is 2. The first-order valence-electron chi connectivity index (χ1n) is 6.38. The summed E-state index contributed by atoms with van der Waals surface area (Å²) in [4.78, 5) is 2.58. The molecule has 2 heterocycles. The molecule has 0 aromatic rings. The van der Waals surface area contributed by atoms with E-state index in [9.17, 15) is 0 Å². The monoisotopic (exact) mass is 207 g/mol. The van der Waals surface area contributed by atoms with Gasteiger partial charge in [0.15, 0.2) is 0 Å². The van der Waals surface area contributed by atoms with E-state index in [0.29, 0.717) is 0 Å². The SMILES string of the molecule is CC=CCN1CCC[N+]2=C1CCCCC2. The van der Waals surface area contributed by atoms with Gasteiger partial charge in [-0.25, -0.2) is 0 Å². The standard InChI is InChI=1S/C13H23N2/c1-2-3-9-14-11-7-12-15-10-6-4-5-8-13(14)15/h2-3H,4-12H2,1H3/q+1. The van der Waals surface area contributed by atoms with Gasteiger partial charge in [-0.2, -0.15) is 0 Å². The second-order valence-electron chi connectivity index (χ2n) is 4.58. The predicted octanol–water partition coefficient (Wildman–Crippen LogP) is 2.25. The van der Waals surface area contributed by atoms with E-state index in [2.05, 4.69) is 28.6 Å². The minimum atomic E-state index is 1.11. The molecule has 0 bridgehead atoms. The molecular weight excluding hydrogens is 184 g/mol. The van der Waals surface area contributed by atoms with Gasteiger partial charge in [-0.05, 0) is 32.3 Å². The van der Waals surface area contributed by atoms with Gasteiger partial charge in [0.1, 0.15) is 6.54 Å². The molecule has 2 heteroatoms. The van der Waals surface area contributed by atoms with Crippen molar-refractivity contribution in [2.75, 3.05) is 26.2 Å². The van der Waals surface area contributed by atoms with Gasteiger partial charge in [-0.15, -0.1) is 0 Å². The predicted molar refractivity (Wildman–Crippen MR) is 64.5 cm³/mol. The third kappa shape index (κ3) is 2.61. The fraction of sp³-hybridized carbons (Fsp3) is 0.769. The molecule has 0 aromatic carbocycles. The Morgan fingerprint density at radius 3 is 2.93 bits per heavy atom. The fourth-order valence-corrected chi connectivity index (χ4v) is 2.66. The van der Waals surface area contributed by atoms with Gasteiger partial charge in [-0.1, -0.05) is 6.08 Å². The normalized spacial score (nSPS) is 23.1. The lowest BCUT2D eigenvalue weighted by molar-refractivity contribution is -0.538. The Hall–Kier alpha value is -0.790. The van der Waals surface area contributed by atoms with Crippen LogP contribution in [0.1, 0.15) is 39.0 Å². The van der Waals surface area contributed by atoms with Gasteiger partial charge in [0, 0.05) is 12.8 Å². The molecule has 2 aliphatic rings. The minimum Gasteiger partial charge on any atom is -0.266 e. The van der Waals surface area contributed by atoms with Crippen LogP contribution in [0.15, 0.2) is 12.2 Å². The number of hydrogen-bond acceptors (Lipinski definition) is 1. The van der Waals surface area contributed by atoms with Crippen LogP contribution in [0.25, 0.3) is 0 Å². The Kier molecular flexibility index (Phi) is 3.81. The molecule has 2 nitrogen and oxygen atoms in total. The summed E-state index contributed by atoms with van der Waals surface area (Å²) in [5.74, 6) is 1.62. The zero-order chi connectivity index (χ0) is 10.5. The smallest absolute Gasteiger partial charge is 0.247 e. The lowest BCUT2D eigenvalue weighted by atomic mass is 10.2. The summed E-state index contributed by atoms with van der Waals surface area (Å²) in [6.45, 7) is 7.07. The molecule has 0 aromatic heterocycles. The molecule has 0 amide bonds. The highest BCUT2D eigenvalue weighted by molar-refractivity contribution is 5.78. The zero-order valence-electron chi connectivity index (χ0n) is 9.91. The van der Waals surface area contributed by atoms with E-state index < -0.39 is 0 Å². The zero-order valence-corrected chi connectivity index (χ0v) is 9.91. The molecule has 0 aliphatic carbocycles. The van der Waals surface area contributed by atoms with E-state index in [1.165, 1.54) is 51.7 Å². The van der Waals surface area contributed by atoms with Crippen LogP contribution in [0.3, 0.4) is 0 Å². The van der Waals surface area contributed by atoms with Crippen molar-refractivity contribution in [2.24, 2.45) is 0 Å². The molecule has 15 heavy (non-hydrogen) atoms. The van der Waals surface area contributed by atoms with Crippen molar-refractivity contribution in [2.45, 2.75) is 39.0 Å². The molecule has 2 aliphatic heterocycles. The fourth-order valence-electron chi connectivity index (χ4n) is 2.66. The molecular formula is C13H23N2+. The van der Waals surface area contributed by atoms with Crippen molar-refractivity contribution in [1.29, 1.82) is 0 Å². The summed E-state index contributed by atoms with van der Waals surface area (Å²) < 4.78 is 2.62. The number of nitrogens with zero attached hydrogens (tertiary/aromatic N) is 2. The van der Waals surface area contributed by atoms with Gasteiger partial charge in [0.2, 0.25) is 5.84 Å². The van der Waals surface area contributed by atoms with Crippen molar-refractivity contribution in [3.8, 4) is 0 Å². The second-order valence-corrected chi connectivity index (χ2v) is 4.58. The topological polar surface area (TPSA) is 6.25 Å². The largest absolute Gasteiger partial charge is 0.266 e. The van der Waals surface area contributed by atoms with E-state index in [0.717, 1.165) is 6.54 Å². The lowest BCUT2D eigenvalue weighted by Gasteiger charge is -2.25. The van der Waals surface area contributed by atoms with Gasteiger partial charge >= 0.3 is 0 Å². The van der Waals surface area contributed by atoms with Crippen LogP contribution in [0, 0.1) is 0 Å². The van der Waals surface area contributed by atoms with E-state index in [-0.39, 0.29) is 0 Å². The lowest BCUT2D eigenvalue weighted by Crippen LogP contribution is -2.44. The summed E-state index contributed by atoms with van der Waals surface area (Å²) in [6, 6.07) is 0. The van der Waals surface area contributed by atoms with Crippen molar-refractivity contribution >= 4 is 5.84 Å². The van der Waals surface area contributed by atoms with Crippen LogP contribution < -0.4 is 0 Å². The molecule has 0 N–H and O–H groups in total. The Morgan fingerprint density at radius 2 is 2.07 bits per heavy atom. The summed E-state index contributed by atoms with van der Waals surface area (Å²) >= 11 is 0. The Morgan fingerprint density at radius 1 is 1.20 bits per heavy atom. The van der Waals surface area contributed by atoms with Crippen molar-refractivity contribution in [3.05, 3.63) is 12.2 Å². The van der Waals surface area contributed by atoms with Gasteiger partial charge < -0.3 is 0 Å². The molecule has 0 spiro atoms. The number of hydrogen-bond donors (Lipinski definition) is 0. The van der Waals surface area contributed by atoms with E-state index in [1.807, 2.05) is 0 Å².